The first-order valence-corrected chi connectivity index (χ1v) is 7.52. The van der Waals surface area contributed by atoms with Crippen LogP contribution in [0, 0.1) is 10.1 Å². The van der Waals surface area contributed by atoms with E-state index in [1.807, 2.05) is 0 Å². The number of likely N-dealkylation sites (tertiary alicyclic amines) is 1. The minimum atomic E-state index is -0.584. The number of piperidine rings is 1. The van der Waals surface area contributed by atoms with Gasteiger partial charge in [0.05, 0.1) is 24.7 Å². The highest BCUT2D eigenvalue weighted by molar-refractivity contribution is 5.99. The summed E-state index contributed by atoms with van der Waals surface area (Å²) in [5, 5.41) is 11.3. The highest BCUT2D eigenvalue weighted by Gasteiger charge is 2.30. The fourth-order valence-corrected chi connectivity index (χ4v) is 2.66. The Bertz CT molecular complexity index is 605. The summed E-state index contributed by atoms with van der Waals surface area (Å²) in [4.78, 5) is 25.0. The standard InChI is InChI=1S/C15H21N3O5/c1-3-23-14-8-12(18(20)21)11(7-13(14)22-2)15(19)17-6-4-5-10(16)9-17/h7-8,10H,3-6,9,16H2,1-2H3. The summed E-state index contributed by atoms with van der Waals surface area (Å²) in [7, 11) is 1.43. The fourth-order valence-electron chi connectivity index (χ4n) is 2.66. The van der Waals surface area contributed by atoms with Gasteiger partial charge in [0.2, 0.25) is 0 Å². The molecule has 1 fully saturated rings. The first-order chi connectivity index (χ1) is 11.0. The number of carbonyl (C=O) groups excluding carboxylic acids is 1. The molecular weight excluding hydrogens is 302 g/mol. The number of nitro benzene ring substituents is 1. The second kappa shape index (κ2) is 7.28. The first kappa shape index (κ1) is 17.0. The Hall–Kier alpha value is -2.35. The number of carbonyl (C=O) groups is 1. The topological polar surface area (TPSA) is 108 Å². The summed E-state index contributed by atoms with van der Waals surface area (Å²) in [5.41, 5.74) is 5.58. The number of amides is 1. The van der Waals surface area contributed by atoms with Crippen LogP contribution in [0.25, 0.3) is 0 Å². The van der Waals surface area contributed by atoms with Gasteiger partial charge < -0.3 is 20.1 Å². The second-order valence-corrected chi connectivity index (χ2v) is 5.36. The average Bonchev–Trinajstić information content (AvgIpc) is 2.54. The minimum Gasteiger partial charge on any atom is -0.493 e. The summed E-state index contributed by atoms with van der Waals surface area (Å²) < 4.78 is 10.5. The number of nitro groups is 1. The predicted molar refractivity (Wildman–Crippen MR) is 83.9 cm³/mol. The van der Waals surface area contributed by atoms with Gasteiger partial charge in [-0.15, -0.1) is 0 Å². The third kappa shape index (κ3) is 3.70. The minimum absolute atomic E-state index is 0.00981. The summed E-state index contributed by atoms with van der Waals surface area (Å²) in [6, 6.07) is 2.50. The van der Waals surface area contributed by atoms with Gasteiger partial charge >= 0.3 is 0 Å². The molecule has 0 aromatic heterocycles. The van der Waals surface area contributed by atoms with Crippen LogP contribution in [0.2, 0.25) is 0 Å². The summed E-state index contributed by atoms with van der Waals surface area (Å²) in [6.45, 7) is 3.03. The number of ether oxygens (including phenoxy) is 2. The molecule has 0 aliphatic carbocycles. The highest BCUT2D eigenvalue weighted by Crippen LogP contribution is 2.35. The zero-order chi connectivity index (χ0) is 17.0. The van der Waals surface area contributed by atoms with Gasteiger partial charge in [0, 0.05) is 25.2 Å². The van der Waals surface area contributed by atoms with Crippen molar-refractivity contribution in [1.29, 1.82) is 0 Å². The molecule has 1 atom stereocenters. The van der Waals surface area contributed by atoms with Crippen molar-refractivity contribution in [1.82, 2.24) is 4.90 Å². The van der Waals surface area contributed by atoms with Crippen molar-refractivity contribution in [2.45, 2.75) is 25.8 Å². The Kier molecular flexibility index (Phi) is 5.38. The molecule has 1 aliphatic heterocycles. The lowest BCUT2D eigenvalue weighted by Crippen LogP contribution is -2.45. The molecule has 1 unspecified atom stereocenters. The van der Waals surface area contributed by atoms with Crippen LogP contribution in [0.5, 0.6) is 11.5 Å². The summed E-state index contributed by atoms with van der Waals surface area (Å²) in [6.07, 6.45) is 1.63. The van der Waals surface area contributed by atoms with E-state index < -0.39 is 10.8 Å². The van der Waals surface area contributed by atoms with Crippen molar-refractivity contribution in [2.24, 2.45) is 5.73 Å². The molecule has 1 heterocycles. The van der Waals surface area contributed by atoms with Gasteiger partial charge in [-0.2, -0.15) is 0 Å². The van der Waals surface area contributed by atoms with Gasteiger partial charge in [0.15, 0.2) is 11.5 Å². The summed E-state index contributed by atoms with van der Waals surface area (Å²) >= 11 is 0. The van der Waals surface area contributed by atoms with Crippen LogP contribution in [0.3, 0.4) is 0 Å². The van der Waals surface area contributed by atoms with E-state index in [1.54, 1.807) is 11.8 Å². The molecular formula is C15H21N3O5. The van der Waals surface area contributed by atoms with E-state index in [2.05, 4.69) is 0 Å². The third-order valence-corrected chi connectivity index (χ3v) is 3.75. The first-order valence-electron chi connectivity index (χ1n) is 7.52. The molecule has 126 valence electrons. The van der Waals surface area contributed by atoms with Crippen molar-refractivity contribution >= 4 is 11.6 Å². The van der Waals surface area contributed by atoms with Gasteiger partial charge in [-0.1, -0.05) is 0 Å². The molecule has 23 heavy (non-hydrogen) atoms. The van der Waals surface area contributed by atoms with E-state index in [4.69, 9.17) is 15.2 Å². The molecule has 8 nitrogen and oxygen atoms in total. The number of nitrogens with zero attached hydrogens (tertiary/aromatic N) is 2. The molecule has 8 heteroatoms. The van der Waals surface area contributed by atoms with Gasteiger partial charge in [0.1, 0.15) is 5.56 Å². The molecule has 0 radical (unpaired) electrons. The maximum atomic E-state index is 12.7. The average molecular weight is 323 g/mol. The highest BCUT2D eigenvalue weighted by atomic mass is 16.6. The van der Waals surface area contributed by atoms with Gasteiger partial charge in [-0.05, 0) is 19.8 Å². The van der Waals surface area contributed by atoms with Crippen molar-refractivity contribution in [3.05, 3.63) is 27.8 Å². The number of benzene rings is 1. The number of hydrogen-bond donors (Lipinski definition) is 1. The molecule has 1 aromatic rings. The number of hydrogen-bond acceptors (Lipinski definition) is 6. The van der Waals surface area contributed by atoms with E-state index in [0.717, 1.165) is 12.8 Å². The largest absolute Gasteiger partial charge is 0.493 e. The van der Waals surface area contributed by atoms with Crippen molar-refractivity contribution in [3.8, 4) is 11.5 Å². The molecule has 0 spiro atoms. The Morgan fingerprint density at radius 3 is 2.78 bits per heavy atom. The zero-order valence-corrected chi connectivity index (χ0v) is 13.3. The van der Waals surface area contributed by atoms with Crippen molar-refractivity contribution < 1.29 is 19.2 Å². The van der Waals surface area contributed by atoms with Crippen LogP contribution in [0.4, 0.5) is 5.69 Å². The number of methoxy groups -OCH3 is 1. The molecule has 1 amide bonds. The number of nitrogens with two attached hydrogens (primary N) is 1. The third-order valence-electron chi connectivity index (χ3n) is 3.75. The van der Waals surface area contributed by atoms with Gasteiger partial charge in [-0.3, -0.25) is 14.9 Å². The van der Waals surface area contributed by atoms with Crippen LogP contribution < -0.4 is 15.2 Å². The Labute approximate surface area is 134 Å². The predicted octanol–water partition coefficient (Wildman–Crippen LogP) is 1.57. The molecule has 2 N–H and O–H groups in total. The molecule has 1 aromatic carbocycles. The fraction of sp³-hybridized carbons (Fsp3) is 0.533. The van der Waals surface area contributed by atoms with E-state index in [-0.39, 0.29) is 23.0 Å². The van der Waals surface area contributed by atoms with Gasteiger partial charge in [0.25, 0.3) is 11.6 Å². The maximum Gasteiger partial charge on any atom is 0.286 e. The van der Waals surface area contributed by atoms with Gasteiger partial charge in [-0.25, -0.2) is 0 Å². The van der Waals surface area contributed by atoms with E-state index in [0.29, 0.717) is 25.4 Å². The maximum absolute atomic E-state index is 12.7. The van der Waals surface area contributed by atoms with Crippen LogP contribution in [-0.4, -0.2) is 48.6 Å². The molecule has 1 saturated heterocycles. The number of rotatable bonds is 5. The summed E-state index contributed by atoms with van der Waals surface area (Å²) in [5.74, 6) is 0.129. The Balaban J connectivity index is 2.42. The normalized spacial score (nSPS) is 17.7. The van der Waals surface area contributed by atoms with E-state index in [9.17, 15) is 14.9 Å². The molecule has 1 aliphatic rings. The monoisotopic (exact) mass is 323 g/mol. The SMILES string of the molecule is CCOc1cc([N+](=O)[O-])c(C(=O)N2CCCC(N)C2)cc1OC. The van der Waals surface area contributed by atoms with E-state index in [1.165, 1.54) is 19.2 Å². The molecule has 0 bridgehead atoms. The second-order valence-electron chi connectivity index (χ2n) is 5.36. The Morgan fingerprint density at radius 1 is 1.48 bits per heavy atom. The Morgan fingerprint density at radius 2 is 2.22 bits per heavy atom. The van der Waals surface area contributed by atoms with Crippen LogP contribution >= 0.6 is 0 Å². The molecule has 0 saturated carbocycles. The van der Waals surface area contributed by atoms with E-state index >= 15 is 0 Å². The lowest BCUT2D eigenvalue weighted by Gasteiger charge is -2.30. The van der Waals surface area contributed by atoms with Crippen LogP contribution in [-0.2, 0) is 0 Å². The van der Waals surface area contributed by atoms with Crippen molar-refractivity contribution in [2.75, 3.05) is 26.8 Å². The quantitative estimate of drug-likeness (QED) is 0.651. The van der Waals surface area contributed by atoms with Crippen LogP contribution in [0.1, 0.15) is 30.1 Å². The van der Waals surface area contributed by atoms with Crippen molar-refractivity contribution in [3.63, 3.8) is 0 Å². The lowest BCUT2D eigenvalue weighted by atomic mass is 10.0. The van der Waals surface area contributed by atoms with Crippen LogP contribution in [0.15, 0.2) is 12.1 Å². The smallest absolute Gasteiger partial charge is 0.286 e. The zero-order valence-electron chi connectivity index (χ0n) is 13.3. The lowest BCUT2D eigenvalue weighted by molar-refractivity contribution is -0.385. The molecule has 2 rings (SSSR count).